The Kier molecular flexibility index (Phi) is 3.95. The molecule has 0 aliphatic carbocycles. The first-order valence-corrected chi connectivity index (χ1v) is 8.52. The minimum absolute atomic E-state index is 0.457. The number of nitrogens with zero attached hydrogens (tertiary/aromatic N) is 2. The lowest BCUT2D eigenvalue weighted by molar-refractivity contribution is -0.137. The molecular formula is C19H15ClF3N3. The molecule has 2 aromatic carbocycles. The molecule has 7 heteroatoms. The number of nitrogens with one attached hydrogen (secondary N) is 1. The van der Waals surface area contributed by atoms with Crippen molar-refractivity contribution in [2.24, 2.45) is 0 Å². The molecule has 0 atom stereocenters. The van der Waals surface area contributed by atoms with Crippen LogP contribution in [0.4, 0.5) is 19.0 Å². The zero-order valence-electron chi connectivity index (χ0n) is 13.9. The smallest absolute Gasteiger partial charge is 0.369 e. The van der Waals surface area contributed by atoms with Gasteiger partial charge in [0.15, 0.2) is 0 Å². The monoisotopic (exact) mass is 377 g/mol. The molecule has 0 saturated heterocycles. The minimum atomic E-state index is -4.39. The predicted octanol–water partition coefficient (Wildman–Crippen LogP) is 5.49. The normalized spacial score (nSPS) is 13.6. The Morgan fingerprint density at radius 1 is 1.15 bits per heavy atom. The van der Waals surface area contributed by atoms with E-state index in [0.29, 0.717) is 22.7 Å². The number of hydrogen-bond donors (Lipinski definition) is 1. The Balaban J connectivity index is 1.89. The standard InChI is InChI=1S/C19H15ClF3N3/c1-11-5-6-14(20)10-16(11)26-18-15(7-8-24-18)17(25-26)12-3-2-4-13(9-12)19(21,22)23/h2-6,9-10,24H,7-8H2,1H3. The van der Waals surface area contributed by atoms with Crippen molar-refractivity contribution in [3.63, 3.8) is 0 Å². The quantitative estimate of drug-likeness (QED) is 0.640. The fraction of sp³-hybridized carbons (Fsp3) is 0.211. The van der Waals surface area contributed by atoms with Gasteiger partial charge < -0.3 is 5.32 Å². The maximum Gasteiger partial charge on any atom is 0.416 e. The summed E-state index contributed by atoms with van der Waals surface area (Å²) in [6, 6.07) is 10.8. The van der Waals surface area contributed by atoms with Crippen molar-refractivity contribution >= 4 is 17.4 Å². The van der Waals surface area contributed by atoms with Crippen LogP contribution in [0.15, 0.2) is 42.5 Å². The van der Waals surface area contributed by atoms with E-state index >= 15 is 0 Å². The molecule has 0 fully saturated rings. The molecule has 0 saturated carbocycles. The number of aryl methyl sites for hydroxylation is 1. The Hall–Kier alpha value is -2.47. The predicted molar refractivity (Wildman–Crippen MR) is 95.9 cm³/mol. The number of fused-ring (bicyclic) bond motifs is 1. The molecule has 0 spiro atoms. The summed E-state index contributed by atoms with van der Waals surface area (Å²) >= 11 is 6.13. The Morgan fingerprint density at radius 2 is 1.96 bits per heavy atom. The number of aromatic nitrogens is 2. The van der Waals surface area contributed by atoms with E-state index in [-0.39, 0.29) is 0 Å². The van der Waals surface area contributed by atoms with Gasteiger partial charge in [-0.2, -0.15) is 18.3 Å². The Bertz CT molecular complexity index is 992. The molecule has 3 nitrogen and oxygen atoms in total. The molecule has 1 aromatic heterocycles. The average molecular weight is 378 g/mol. The number of hydrogen-bond acceptors (Lipinski definition) is 2. The number of benzene rings is 2. The van der Waals surface area contributed by atoms with Crippen molar-refractivity contribution in [2.45, 2.75) is 19.5 Å². The van der Waals surface area contributed by atoms with Crippen LogP contribution >= 0.6 is 11.6 Å². The number of rotatable bonds is 2. The van der Waals surface area contributed by atoms with Gasteiger partial charge in [0.05, 0.1) is 16.9 Å². The second kappa shape index (κ2) is 6.06. The van der Waals surface area contributed by atoms with Crippen molar-refractivity contribution < 1.29 is 13.2 Å². The molecule has 3 aromatic rings. The summed E-state index contributed by atoms with van der Waals surface area (Å²) in [6.45, 7) is 2.66. The zero-order chi connectivity index (χ0) is 18.5. The lowest BCUT2D eigenvalue weighted by Crippen LogP contribution is -2.06. The molecule has 1 N–H and O–H groups in total. The third-order valence-corrected chi connectivity index (χ3v) is 4.75. The van der Waals surface area contributed by atoms with Crippen LogP contribution in [0.1, 0.15) is 16.7 Å². The van der Waals surface area contributed by atoms with Gasteiger partial charge in [-0.25, -0.2) is 4.68 Å². The highest BCUT2D eigenvalue weighted by Crippen LogP contribution is 2.38. The maximum absolute atomic E-state index is 13.1. The Labute approximate surface area is 153 Å². The highest BCUT2D eigenvalue weighted by Gasteiger charge is 2.31. The van der Waals surface area contributed by atoms with E-state index in [2.05, 4.69) is 10.4 Å². The van der Waals surface area contributed by atoms with E-state index in [1.165, 1.54) is 6.07 Å². The van der Waals surface area contributed by atoms with Gasteiger partial charge in [-0.05, 0) is 43.2 Å². The summed E-state index contributed by atoms with van der Waals surface area (Å²) < 4.78 is 41.0. The van der Waals surface area contributed by atoms with Crippen LogP contribution in [-0.2, 0) is 12.6 Å². The Morgan fingerprint density at radius 3 is 2.73 bits per heavy atom. The van der Waals surface area contributed by atoms with Crippen LogP contribution < -0.4 is 5.32 Å². The van der Waals surface area contributed by atoms with Gasteiger partial charge in [-0.3, -0.25) is 0 Å². The van der Waals surface area contributed by atoms with Crippen LogP contribution in [0.3, 0.4) is 0 Å². The molecule has 0 bridgehead atoms. The van der Waals surface area contributed by atoms with Crippen LogP contribution in [0.2, 0.25) is 5.02 Å². The first-order chi connectivity index (χ1) is 12.3. The fourth-order valence-corrected chi connectivity index (χ4v) is 3.40. The molecule has 1 aliphatic heterocycles. The van der Waals surface area contributed by atoms with Gasteiger partial charge in [0, 0.05) is 22.7 Å². The highest BCUT2D eigenvalue weighted by molar-refractivity contribution is 6.30. The summed E-state index contributed by atoms with van der Waals surface area (Å²) in [7, 11) is 0. The van der Waals surface area contributed by atoms with Crippen molar-refractivity contribution in [2.75, 3.05) is 11.9 Å². The average Bonchev–Trinajstić information content (AvgIpc) is 3.19. The third-order valence-electron chi connectivity index (χ3n) is 4.51. The van der Waals surface area contributed by atoms with Crippen molar-refractivity contribution in [3.8, 4) is 16.9 Å². The number of alkyl halides is 3. The van der Waals surface area contributed by atoms with Gasteiger partial charge in [-0.1, -0.05) is 29.8 Å². The summed E-state index contributed by atoms with van der Waals surface area (Å²) in [4.78, 5) is 0. The van der Waals surface area contributed by atoms with Crippen LogP contribution in [0, 0.1) is 6.92 Å². The van der Waals surface area contributed by atoms with Gasteiger partial charge in [0.1, 0.15) is 5.82 Å². The van der Waals surface area contributed by atoms with E-state index in [1.807, 2.05) is 13.0 Å². The van der Waals surface area contributed by atoms with E-state index in [1.54, 1.807) is 22.9 Å². The van der Waals surface area contributed by atoms with Gasteiger partial charge >= 0.3 is 6.18 Å². The molecule has 0 unspecified atom stereocenters. The molecule has 0 radical (unpaired) electrons. The number of anilines is 1. The van der Waals surface area contributed by atoms with Gasteiger partial charge in [0.2, 0.25) is 0 Å². The molecule has 4 rings (SSSR count). The highest BCUT2D eigenvalue weighted by atomic mass is 35.5. The SMILES string of the molecule is Cc1ccc(Cl)cc1-n1nc(-c2cccc(C(F)(F)F)c2)c2c1NCC2. The second-order valence-corrected chi connectivity index (χ2v) is 6.71. The first-order valence-electron chi connectivity index (χ1n) is 8.14. The van der Waals surface area contributed by atoms with Gasteiger partial charge in [-0.15, -0.1) is 0 Å². The topological polar surface area (TPSA) is 29.9 Å². The molecule has 134 valence electrons. The first kappa shape index (κ1) is 17.0. The van der Waals surface area contributed by atoms with E-state index < -0.39 is 11.7 Å². The molecule has 26 heavy (non-hydrogen) atoms. The fourth-order valence-electron chi connectivity index (χ4n) is 3.23. The summed E-state index contributed by atoms with van der Waals surface area (Å²) in [5.74, 6) is 0.808. The molecule has 1 aliphatic rings. The summed E-state index contributed by atoms with van der Waals surface area (Å²) in [5.41, 5.74) is 3.05. The summed E-state index contributed by atoms with van der Waals surface area (Å²) in [6.07, 6.45) is -3.68. The minimum Gasteiger partial charge on any atom is -0.369 e. The third kappa shape index (κ3) is 2.84. The lowest BCUT2D eigenvalue weighted by atomic mass is 10.0. The molecular weight excluding hydrogens is 363 g/mol. The maximum atomic E-state index is 13.1. The second-order valence-electron chi connectivity index (χ2n) is 6.27. The molecule has 0 amide bonds. The van der Waals surface area contributed by atoms with Crippen molar-refractivity contribution in [1.29, 1.82) is 0 Å². The zero-order valence-corrected chi connectivity index (χ0v) is 14.6. The van der Waals surface area contributed by atoms with Crippen molar-refractivity contribution in [3.05, 3.63) is 64.2 Å². The van der Waals surface area contributed by atoms with Gasteiger partial charge in [0.25, 0.3) is 0 Å². The van der Waals surface area contributed by atoms with Crippen molar-refractivity contribution in [1.82, 2.24) is 9.78 Å². The summed E-state index contributed by atoms with van der Waals surface area (Å²) in [5, 5.41) is 8.49. The van der Waals surface area contributed by atoms with Crippen LogP contribution in [0.5, 0.6) is 0 Å². The largest absolute Gasteiger partial charge is 0.416 e. The lowest BCUT2D eigenvalue weighted by Gasteiger charge is -2.10. The molecule has 2 heterocycles. The van der Waals surface area contributed by atoms with Crippen LogP contribution in [-0.4, -0.2) is 16.3 Å². The number of halogens is 4. The van der Waals surface area contributed by atoms with E-state index in [9.17, 15) is 13.2 Å². The van der Waals surface area contributed by atoms with Crippen LogP contribution in [0.25, 0.3) is 16.9 Å². The van der Waals surface area contributed by atoms with E-state index in [0.717, 1.165) is 41.3 Å². The van der Waals surface area contributed by atoms with E-state index in [4.69, 9.17) is 11.6 Å².